The van der Waals surface area contributed by atoms with Crippen LogP contribution in [0.1, 0.15) is 32.3 Å². The lowest BCUT2D eigenvalue weighted by Crippen LogP contribution is -2.60. The van der Waals surface area contributed by atoms with Gasteiger partial charge in [-0.3, -0.25) is 9.80 Å². The van der Waals surface area contributed by atoms with Crippen molar-refractivity contribution in [2.75, 3.05) is 31.5 Å². The van der Waals surface area contributed by atoms with E-state index in [0.29, 0.717) is 18.9 Å². The fourth-order valence-corrected chi connectivity index (χ4v) is 6.15. The van der Waals surface area contributed by atoms with Crippen LogP contribution in [0.4, 0.5) is 15.0 Å². The Morgan fingerprint density at radius 2 is 1.82 bits per heavy atom. The number of piperidine rings is 1. The number of nitrogens with one attached hydrogen (secondary N) is 1. The molecule has 3 aliphatic heterocycles. The first-order valence-electron chi connectivity index (χ1n) is 12.0. The Bertz CT molecular complexity index is 1050. The molecule has 1 aromatic heterocycles. The highest BCUT2D eigenvalue weighted by molar-refractivity contribution is 7.99. The lowest BCUT2D eigenvalue weighted by molar-refractivity contribution is -0.000905. The van der Waals surface area contributed by atoms with Crippen molar-refractivity contribution in [1.29, 1.82) is 0 Å². The Kier molecular flexibility index (Phi) is 6.85. The number of fused-ring (bicyclic) bond motifs is 1. The van der Waals surface area contributed by atoms with E-state index in [-0.39, 0.29) is 24.3 Å². The Hall–Kier alpha value is -2.49. The molecule has 2 atom stereocenters. The summed E-state index contributed by atoms with van der Waals surface area (Å²) >= 11 is 0.987. The van der Waals surface area contributed by atoms with E-state index in [2.05, 4.69) is 58.2 Å². The van der Waals surface area contributed by atoms with E-state index >= 15 is 0 Å². The zero-order valence-corrected chi connectivity index (χ0v) is 20.5. The van der Waals surface area contributed by atoms with E-state index in [1.54, 1.807) is 6.07 Å². The van der Waals surface area contributed by atoms with Crippen LogP contribution in [0.25, 0.3) is 0 Å². The van der Waals surface area contributed by atoms with E-state index < -0.39 is 5.95 Å². The molecule has 7 nitrogen and oxygen atoms in total. The van der Waals surface area contributed by atoms with E-state index in [9.17, 15) is 9.18 Å². The predicted molar refractivity (Wildman–Crippen MR) is 134 cm³/mol. The average molecular weight is 486 g/mol. The van der Waals surface area contributed by atoms with Crippen LogP contribution in [0.2, 0.25) is 0 Å². The highest BCUT2D eigenvalue weighted by atomic mass is 32.1. The maximum atomic E-state index is 13.5. The molecule has 1 aromatic carbocycles. The fourth-order valence-electron chi connectivity index (χ4n) is 5.09. The summed E-state index contributed by atoms with van der Waals surface area (Å²) in [6.07, 6.45) is 1.49. The number of nitrogens with zero attached hydrogens (tertiary/aromatic N) is 4. The van der Waals surface area contributed by atoms with Crippen LogP contribution in [0.15, 0.2) is 47.4 Å². The molecule has 1 N–H and O–H groups in total. The van der Waals surface area contributed by atoms with Crippen LogP contribution in [-0.2, 0) is 11.3 Å². The lowest BCUT2D eigenvalue weighted by atomic mass is 10.1. The SMILES string of the molecule is C[C@@H]1CN(C2=[SH]c3ccc(F)nc3N2)C[C@H](C)N1C(=O)OC1CCN(Cc2ccccc2)CC1. The zero-order chi connectivity index (χ0) is 23.7. The Morgan fingerprint density at radius 3 is 2.53 bits per heavy atom. The number of pyridine rings is 1. The summed E-state index contributed by atoms with van der Waals surface area (Å²) in [7, 11) is 0. The molecule has 182 valence electrons. The van der Waals surface area contributed by atoms with Crippen molar-refractivity contribution in [1.82, 2.24) is 19.7 Å². The molecular weight excluding hydrogens is 453 g/mol. The summed E-state index contributed by atoms with van der Waals surface area (Å²) in [6, 6.07) is 13.7. The van der Waals surface area contributed by atoms with Gasteiger partial charge in [0.25, 0.3) is 0 Å². The first kappa shape index (κ1) is 23.3. The smallest absolute Gasteiger partial charge is 0.410 e. The minimum atomic E-state index is -0.483. The third kappa shape index (κ3) is 5.11. The second kappa shape index (κ2) is 10.0. The third-order valence-electron chi connectivity index (χ3n) is 6.78. The number of anilines is 1. The number of hydrogen-bond acceptors (Lipinski definition) is 6. The van der Waals surface area contributed by atoms with Crippen molar-refractivity contribution >= 4 is 28.4 Å². The summed E-state index contributed by atoms with van der Waals surface area (Å²) in [5, 5.41) is 4.25. The van der Waals surface area contributed by atoms with E-state index in [4.69, 9.17) is 4.74 Å². The Labute approximate surface area is 203 Å². The number of halogens is 1. The number of carbonyl (C=O) groups is 1. The van der Waals surface area contributed by atoms with Gasteiger partial charge in [0.15, 0.2) is 0 Å². The summed E-state index contributed by atoms with van der Waals surface area (Å²) in [6.45, 7) is 8.32. The van der Waals surface area contributed by atoms with Gasteiger partial charge >= 0.3 is 6.09 Å². The summed E-state index contributed by atoms with van der Waals surface area (Å²) in [5.74, 6) is 0.0975. The fraction of sp³-hybridized carbons (Fsp3) is 0.480. The molecule has 34 heavy (non-hydrogen) atoms. The van der Waals surface area contributed by atoms with Gasteiger partial charge < -0.3 is 15.0 Å². The number of aromatic nitrogens is 1. The minimum Gasteiger partial charge on any atom is -0.446 e. The van der Waals surface area contributed by atoms with Crippen molar-refractivity contribution in [3.05, 3.63) is 54.0 Å². The van der Waals surface area contributed by atoms with Crippen molar-refractivity contribution in [3.8, 4) is 0 Å². The number of benzene rings is 1. The predicted octanol–water partition coefficient (Wildman–Crippen LogP) is 3.75. The zero-order valence-electron chi connectivity index (χ0n) is 19.7. The van der Waals surface area contributed by atoms with Crippen LogP contribution < -0.4 is 5.32 Å². The number of hydrogen-bond donors (Lipinski definition) is 2. The quantitative estimate of drug-likeness (QED) is 0.392. The first-order chi connectivity index (χ1) is 16.5. The number of piperazine rings is 1. The topological polar surface area (TPSA) is 60.9 Å². The normalized spacial score (nSPS) is 24.1. The van der Waals surface area contributed by atoms with Gasteiger partial charge in [0, 0.05) is 49.7 Å². The van der Waals surface area contributed by atoms with E-state index in [1.165, 1.54) is 11.6 Å². The second-order valence-electron chi connectivity index (χ2n) is 9.42. The molecule has 0 bridgehead atoms. The number of ether oxygens (including phenoxy) is 1. The summed E-state index contributed by atoms with van der Waals surface area (Å²) < 4.78 is 19.4. The van der Waals surface area contributed by atoms with Crippen LogP contribution >= 0.6 is 11.4 Å². The van der Waals surface area contributed by atoms with E-state index in [0.717, 1.165) is 53.8 Å². The van der Waals surface area contributed by atoms with E-state index in [1.807, 2.05) is 11.0 Å². The monoisotopic (exact) mass is 485 g/mol. The Morgan fingerprint density at radius 1 is 1.12 bits per heavy atom. The number of rotatable bonds is 3. The highest BCUT2D eigenvalue weighted by Crippen LogP contribution is 2.30. The molecule has 3 aliphatic rings. The molecule has 0 unspecified atom stereocenters. The molecule has 5 rings (SSSR count). The average Bonchev–Trinajstić information content (AvgIpc) is 3.24. The van der Waals surface area contributed by atoms with Crippen LogP contribution in [0.3, 0.4) is 0 Å². The molecule has 4 heterocycles. The van der Waals surface area contributed by atoms with Crippen molar-refractivity contribution in [2.45, 2.75) is 56.3 Å². The third-order valence-corrected chi connectivity index (χ3v) is 7.99. The second-order valence-corrected chi connectivity index (χ2v) is 10.5. The maximum absolute atomic E-state index is 13.5. The number of amides is 1. The van der Waals surface area contributed by atoms with Gasteiger partial charge in [-0.15, -0.1) is 11.4 Å². The summed E-state index contributed by atoms with van der Waals surface area (Å²) in [5.41, 5.74) is 1.32. The van der Waals surface area contributed by atoms with Gasteiger partial charge in [-0.2, -0.15) is 4.39 Å². The number of likely N-dealkylation sites (tertiary alicyclic amines) is 1. The molecule has 2 fully saturated rings. The van der Waals surface area contributed by atoms with Gasteiger partial charge in [0.2, 0.25) is 5.95 Å². The van der Waals surface area contributed by atoms with Gasteiger partial charge in [-0.05, 0) is 44.4 Å². The standard InChI is InChI=1S/C25H32FN5O2S/c1-17-14-30(24-28-23-21(34-24)8-9-22(26)27-23)15-18(2)31(17)25(32)33-20-10-12-29(13-11-20)16-19-6-4-3-5-7-19/h3-9,17-18,20,34H,10-16H2,1-2H3,(H,27,28)/t17-,18+. The Balaban J connectivity index is 1.12. The van der Waals surface area contributed by atoms with Gasteiger partial charge in [0.1, 0.15) is 17.0 Å². The molecular formula is C25H32FN5O2S. The first-order valence-corrected chi connectivity index (χ1v) is 12.9. The van der Waals surface area contributed by atoms with Crippen molar-refractivity contribution in [2.24, 2.45) is 0 Å². The van der Waals surface area contributed by atoms with Crippen molar-refractivity contribution < 1.29 is 13.9 Å². The number of carbonyl (C=O) groups excluding carboxylic acids is 1. The van der Waals surface area contributed by atoms with Crippen LogP contribution in [-0.4, -0.2) is 75.3 Å². The highest BCUT2D eigenvalue weighted by Gasteiger charge is 2.37. The maximum Gasteiger partial charge on any atom is 0.410 e. The molecule has 2 aromatic rings. The molecule has 9 heteroatoms. The lowest BCUT2D eigenvalue weighted by Gasteiger charge is -2.44. The van der Waals surface area contributed by atoms with Crippen LogP contribution in [0, 0.1) is 5.95 Å². The molecule has 0 aliphatic carbocycles. The summed E-state index contributed by atoms with van der Waals surface area (Å²) in [4.78, 5) is 24.6. The number of thiol groups is 1. The molecule has 1 amide bonds. The molecule has 0 saturated carbocycles. The van der Waals surface area contributed by atoms with Gasteiger partial charge in [-0.25, -0.2) is 9.78 Å². The van der Waals surface area contributed by atoms with Gasteiger partial charge in [0.05, 0.1) is 0 Å². The van der Waals surface area contributed by atoms with Crippen molar-refractivity contribution in [3.63, 3.8) is 0 Å². The molecule has 0 spiro atoms. The molecule has 2 saturated heterocycles. The minimum absolute atomic E-state index is 0.00678. The van der Waals surface area contributed by atoms with Gasteiger partial charge in [-0.1, -0.05) is 30.3 Å². The largest absolute Gasteiger partial charge is 0.446 e. The van der Waals surface area contributed by atoms with Crippen LogP contribution in [0.5, 0.6) is 0 Å². The molecule has 0 radical (unpaired) electrons.